The van der Waals surface area contributed by atoms with Crippen LogP contribution in [0.4, 0.5) is 10.8 Å². The summed E-state index contributed by atoms with van der Waals surface area (Å²) in [6, 6.07) is 7.68. The van der Waals surface area contributed by atoms with E-state index in [1.165, 1.54) is 35.7 Å². The monoisotopic (exact) mass is 468 g/mol. The van der Waals surface area contributed by atoms with Crippen molar-refractivity contribution >= 4 is 49.9 Å². The lowest BCUT2D eigenvalue weighted by molar-refractivity contribution is -0.384. The number of aryl methyl sites for hydroxylation is 1. The number of thiazole rings is 1. The van der Waals surface area contributed by atoms with Gasteiger partial charge in [-0.1, -0.05) is 11.3 Å². The molecule has 3 aromatic rings. The number of ketones is 1. The van der Waals surface area contributed by atoms with E-state index in [9.17, 15) is 14.9 Å². The lowest BCUT2D eigenvalue weighted by Gasteiger charge is -2.27. The number of thiocyanates is 1. The molecule has 1 atom stereocenters. The molecular formula is C21H16N4O5S2. The number of carbonyl (C=O) groups excluding carboxylic acids is 1. The number of nitriles is 1. The molecule has 0 saturated heterocycles. The molecule has 0 amide bonds. The Kier molecular flexibility index (Phi) is 6.09. The van der Waals surface area contributed by atoms with Crippen molar-refractivity contribution in [1.82, 2.24) is 4.98 Å². The molecule has 162 valence electrons. The zero-order valence-electron chi connectivity index (χ0n) is 16.9. The van der Waals surface area contributed by atoms with E-state index in [0.717, 1.165) is 32.4 Å². The number of nitro benzene ring substituents is 1. The molecule has 4 rings (SSSR count). The van der Waals surface area contributed by atoms with Crippen molar-refractivity contribution in [3.05, 3.63) is 63.3 Å². The van der Waals surface area contributed by atoms with E-state index < -0.39 is 17.0 Å². The van der Waals surface area contributed by atoms with Gasteiger partial charge in [0.25, 0.3) is 5.69 Å². The number of aromatic nitrogens is 1. The first-order chi connectivity index (χ1) is 15.4. The predicted octanol–water partition coefficient (Wildman–Crippen LogP) is 5.02. The van der Waals surface area contributed by atoms with Gasteiger partial charge in [0.2, 0.25) is 12.1 Å². The number of rotatable bonds is 6. The highest BCUT2D eigenvalue weighted by molar-refractivity contribution is 8.03. The Morgan fingerprint density at radius 2 is 2.25 bits per heavy atom. The van der Waals surface area contributed by atoms with Crippen molar-refractivity contribution in [3.63, 3.8) is 0 Å². The van der Waals surface area contributed by atoms with Crippen LogP contribution in [0.2, 0.25) is 0 Å². The van der Waals surface area contributed by atoms with E-state index in [1.54, 1.807) is 6.92 Å². The standard InChI is InChI=1S/C21H16N4O5S2/c1-3-29-20-14(19(26)13-7-12(25(27)28)4-5-16(13)30-20)9-23-21-24-15-6-11(2)17(31-10-22)8-18(15)32-21/h4-9,20H,3H2,1-2H3,(H,23,24)/b14-9+/t20-/m0/s1. The zero-order chi connectivity index (χ0) is 22.8. The number of hydrogen-bond acceptors (Lipinski definition) is 10. The number of hydrogen-bond donors (Lipinski definition) is 1. The summed E-state index contributed by atoms with van der Waals surface area (Å²) in [5.74, 6) is -0.195. The topological polar surface area (TPSA) is 127 Å². The molecule has 1 aromatic heterocycles. The molecule has 0 spiro atoms. The highest BCUT2D eigenvalue weighted by atomic mass is 32.2. The molecule has 0 fully saturated rings. The minimum atomic E-state index is -0.954. The largest absolute Gasteiger partial charge is 0.460 e. The molecule has 2 heterocycles. The summed E-state index contributed by atoms with van der Waals surface area (Å²) in [5.41, 5.74) is 1.79. The molecule has 11 heteroatoms. The Morgan fingerprint density at radius 1 is 1.44 bits per heavy atom. The molecule has 1 aliphatic heterocycles. The minimum absolute atomic E-state index is 0.0984. The Balaban J connectivity index is 1.67. The molecule has 2 aromatic carbocycles. The number of anilines is 1. The minimum Gasteiger partial charge on any atom is -0.460 e. The maximum atomic E-state index is 13.1. The maximum absolute atomic E-state index is 13.1. The highest BCUT2D eigenvalue weighted by Crippen LogP contribution is 2.35. The van der Waals surface area contributed by atoms with Crippen LogP contribution in [0.3, 0.4) is 0 Å². The number of Topliss-reactive ketones (excluding diaryl/α,β-unsaturated/α-hetero) is 1. The first-order valence-electron chi connectivity index (χ1n) is 9.46. The van der Waals surface area contributed by atoms with E-state index in [4.69, 9.17) is 14.7 Å². The number of benzene rings is 2. The van der Waals surface area contributed by atoms with Crippen molar-refractivity contribution in [2.24, 2.45) is 0 Å². The van der Waals surface area contributed by atoms with Gasteiger partial charge >= 0.3 is 0 Å². The smallest absolute Gasteiger partial charge is 0.270 e. The zero-order valence-corrected chi connectivity index (χ0v) is 18.6. The number of thioether (sulfide) groups is 1. The summed E-state index contributed by atoms with van der Waals surface area (Å²) in [7, 11) is 0. The third-order valence-corrected chi connectivity index (χ3v) is 6.38. The van der Waals surface area contributed by atoms with E-state index >= 15 is 0 Å². The summed E-state index contributed by atoms with van der Waals surface area (Å²) in [5, 5.41) is 25.7. The molecular weight excluding hydrogens is 452 g/mol. The molecule has 0 bridgehead atoms. The van der Waals surface area contributed by atoms with Crippen LogP contribution in [-0.4, -0.2) is 28.6 Å². The van der Waals surface area contributed by atoms with Gasteiger partial charge in [-0.2, -0.15) is 5.26 Å². The van der Waals surface area contributed by atoms with Gasteiger partial charge in [0.15, 0.2) is 5.13 Å². The fraction of sp³-hybridized carbons (Fsp3) is 0.190. The van der Waals surface area contributed by atoms with Crippen LogP contribution in [0.25, 0.3) is 10.2 Å². The highest BCUT2D eigenvalue weighted by Gasteiger charge is 2.34. The van der Waals surface area contributed by atoms with Crippen molar-refractivity contribution in [2.75, 3.05) is 11.9 Å². The number of fused-ring (bicyclic) bond motifs is 2. The lowest BCUT2D eigenvalue weighted by atomic mass is 9.99. The van der Waals surface area contributed by atoms with Gasteiger partial charge in [0.1, 0.15) is 11.2 Å². The average Bonchev–Trinajstić information content (AvgIpc) is 3.15. The van der Waals surface area contributed by atoms with Gasteiger partial charge in [-0.3, -0.25) is 14.9 Å². The Morgan fingerprint density at radius 3 is 2.97 bits per heavy atom. The SMILES string of the molecule is CCO[C@H]1Oc2ccc([N+](=O)[O-])cc2C(=O)/C1=C\Nc1nc2cc(C)c(SC#N)cc2s1. The number of ether oxygens (including phenoxy) is 2. The van der Waals surface area contributed by atoms with Crippen molar-refractivity contribution < 1.29 is 19.2 Å². The normalized spacial score (nSPS) is 16.5. The number of carbonyl (C=O) groups is 1. The fourth-order valence-corrected chi connectivity index (χ4v) is 4.61. The second-order valence-corrected chi connectivity index (χ2v) is 8.57. The van der Waals surface area contributed by atoms with Crippen LogP contribution in [-0.2, 0) is 4.74 Å². The molecule has 9 nitrogen and oxygen atoms in total. The van der Waals surface area contributed by atoms with Gasteiger partial charge in [-0.25, -0.2) is 4.98 Å². The second kappa shape index (κ2) is 8.96. The number of nitrogens with one attached hydrogen (secondary N) is 1. The molecule has 0 radical (unpaired) electrons. The molecule has 1 aliphatic rings. The second-order valence-electron chi connectivity index (χ2n) is 6.71. The third-order valence-electron chi connectivity index (χ3n) is 4.68. The van der Waals surface area contributed by atoms with Gasteiger partial charge in [-0.05, 0) is 49.4 Å². The number of nitrogens with zero attached hydrogens (tertiary/aromatic N) is 3. The van der Waals surface area contributed by atoms with Gasteiger partial charge in [0, 0.05) is 29.8 Å². The number of nitro groups is 1. The van der Waals surface area contributed by atoms with Crippen molar-refractivity contribution in [2.45, 2.75) is 25.0 Å². The van der Waals surface area contributed by atoms with E-state index in [1.807, 2.05) is 19.1 Å². The Hall–Kier alpha value is -3.46. The molecule has 0 aliphatic carbocycles. The van der Waals surface area contributed by atoms with Gasteiger partial charge < -0.3 is 14.8 Å². The number of non-ortho nitro benzene ring substituents is 1. The third kappa shape index (κ3) is 4.16. The molecule has 0 unspecified atom stereocenters. The van der Waals surface area contributed by atoms with Crippen LogP contribution >= 0.6 is 23.1 Å². The van der Waals surface area contributed by atoms with Crippen LogP contribution in [0, 0.1) is 27.7 Å². The summed E-state index contributed by atoms with van der Waals surface area (Å²) in [6.07, 6.45) is 0.504. The maximum Gasteiger partial charge on any atom is 0.270 e. The van der Waals surface area contributed by atoms with Crippen LogP contribution in [0.15, 0.2) is 47.0 Å². The Labute approximate surface area is 190 Å². The predicted molar refractivity (Wildman–Crippen MR) is 121 cm³/mol. The summed E-state index contributed by atoms with van der Waals surface area (Å²) < 4.78 is 12.2. The van der Waals surface area contributed by atoms with E-state index in [0.29, 0.717) is 11.7 Å². The molecule has 32 heavy (non-hydrogen) atoms. The van der Waals surface area contributed by atoms with Crippen LogP contribution in [0.5, 0.6) is 5.75 Å². The fourth-order valence-electron chi connectivity index (χ4n) is 3.18. The first kappa shape index (κ1) is 21.8. The van der Waals surface area contributed by atoms with Crippen molar-refractivity contribution in [3.8, 4) is 11.2 Å². The van der Waals surface area contributed by atoms with E-state index in [-0.39, 0.29) is 22.6 Å². The van der Waals surface area contributed by atoms with E-state index in [2.05, 4.69) is 15.7 Å². The first-order valence-corrected chi connectivity index (χ1v) is 11.1. The quantitative estimate of drug-likeness (QED) is 0.174. The van der Waals surface area contributed by atoms with Gasteiger partial charge in [0.05, 0.1) is 26.3 Å². The van der Waals surface area contributed by atoms with Crippen molar-refractivity contribution in [1.29, 1.82) is 5.26 Å². The van der Waals surface area contributed by atoms with Crippen LogP contribution in [0.1, 0.15) is 22.8 Å². The average molecular weight is 469 g/mol. The Bertz CT molecular complexity index is 1310. The lowest BCUT2D eigenvalue weighted by Crippen LogP contribution is -2.33. The molecule has 1 N–H and O–H groups in total. The molecule has 0 saturated carbocycles. The summed E-state index contributed by atoms with van der Waals surface area (Å²) in [4.78, 5) is 29.0. The summed E-state index contributed by atoms with van der Waals surface area (Å²) in [6.45, 7) is 3.99. The van der Waals surface area contributed by atoms with Crippen LogP contribution < -0.4 is 10.1 Å². The summed E-state index contributed by atoms with van der Waals surface area (Å²) >= 11 is 2.46. The van der Waals surface area contributed by atoms with Gasteiger partial charge in [-0.15, -0.1) is 0 Å².